The van der Waals surface area contributed by atoms with E-state index >= 15 is 0 Å². The number of hydrogen-bond donors (Lipinski definition) is 5. The number of rotatable bonds is 17. The first-order valence-electron chi connectivity index (χ1n) is 25.0. The van der Waals surface area contributed by atoms with Gasteiger partial charge in [0.05, 0.1) is 18.2 Å². The largest absolute Gasteiger partial charge is 0.508 e. The fourth-order valence-corrected chi connectivity index (χ4v) is 9.49. The summed E-state index contributed by atoms with van der Waals surface area (Å²) in [4.78, 5) is 37.1. The summed E-state index contributed by atoms with van der Waals surface area (Å²) in [5, 5.41) is 56.6. The number of phenolic OH excluding ortho intramolecular Hbond substituents is 3. The van der Waals surface area contributed by atoms with E-state index in [1.165, 1.54) is 6.07 Å². The molecule has 18 heteroatoms. The first-order chi connectivity index (χ1) is 34.5. The number of nitrogens with zero attached hydrogens (tertiary/aromatic N) is 10. The van der Waals surface area contributed by atoms with Gasteiger partial charge in [-0.2, -0.15) is 0 Å². The van der Waals surface area contributed by atoms with Gasteiger partial charge in [0.25, 0.3) is 11.8 Å². The van der Waals surface area contributed by atoms with Crippen molar-refractivity contribution in [3.8, 4) is 57.1 Å². The highest BCUT2D eigenvalue weighted by molar-refractivity contribution is 5.93. The van der Waals surface area contributed by atoms with Crippen LogP contribution in [-0.4, -0.2) is 161 Å². The highest BCUT2D eigenvalue weighted by atomic mass is 16.5. The Balaban J connectivity index is 0.933. The zero-order chi connectivity index (χ0) is 51.4. The fraction of sp³-hybridized carbons (Fsp3) is 0.444. The number of carbonyl (C=O) groups excluding carboxylic acids is 2. The Hall–Kier alpha value is -6.86. The lowest BCUT2D eigenvalue weighted by Gasteiger charge is -2.38. The van der Waals surface area contributed by atoms with Crippen molar-refractivity contribution in [2.45, 2.75) is 85.5 Å². The molecule has 1 atom stereocenters. The number of piperazine rings is 2. The second-order valence-corrected chi connectivity index (χ2v) is 20.1. The van der Waals surface area contributed by atoms with Crippen LogP contribution in [0.5, 0.6) is 23.0 Å². The summed E-state index contributed by atoms with van der Waals surface area (Å²) in [6.07, 6.45) is 0. The molecule has 2 aliphatic heterocycles. The smallest absolute Gasteiger partial charge is 0.289 e. The number of nitrogens with one attached hydrogen (secondary N) is 2. The molecule has 2 saturated heterocycles. The average molecular weight is 983 g/mol. The van der Waals surface area contributed by atoms with Crippen molar-refractivity contribution in [3.63, 3.8) is 0 Å². The quantitative estimate of drug-likeness (QED) is 0.0674. The van der Waals surface area contributed by atoms with Crippen molar-refractivity contribution in [1.82, 2.24) is 59.8 Å². The van der Waals surface area contributed by atoms with Crippen molar-refractivity contribution in [3.05, 3.63) is 107 Å². The van der Waals surface area contributed by atoms with Crippen LogP contribution < -0.4 is 15.4 Å². The van der Waals surface area contributed by atoms with E-state index in [1.807, 2.05) is 84.0 Å². The van der Waals surface area contributed by atoms with Crippen LogP contribution in [0.1, 0.15) is 104 Å². The number of phenols is 3. The topological polar surface area (TPSA) is 202 Å². The van der Waals surface area contributed by atoms with Gasteiger partial charge in [0.1, 0.15) is 23.0 Å². The molecule has 2 aliphatic rings. The molecule has 0 radical (unpaired) electrons. The third-order valence-electron chi connectivity index (χ3n) is 13.8. The number of carbonyl (C=O) groups is 2. The summed E-state index contributed by atoms with van der Waals surface area (Å²) in [6, 6.07) is 22.4. The number of aromatic nitrogens is 6. The van der Waals surface area contributed by atoms with Gasteiger partial charge in [-0.1, -0.05) is 52.0 Å². The van der Waals surface area contributed by atoms with E-state index in [0.717, 1.165) is 82.1 Å². The molecule has 8 rings (SSSR count). The van der Waals surface area contributed by atoms with Crippen LogP contribution in [-0.2, 0) is 13.1 Å². The number of benzene rings is 4. The monoisotopic (exact) mass is 983 g/mol. The third kappa shape index (κ3) is 11.4. The minimum atomic E-state index is -0.390. The summed E-state index contributed by atoms with van der Waals surface area (Å²) in [5.74, 6) is 0.488. The van der Waals surface area contributed by atoms with E-state index < -0.39 is 0 Å². The Morgan fingerprint density at radius 3 is 1.56 bits per heavy atom. The number of ether oxygens (including phenoxy) is 1. The molecular formula is C54H70N12O6. The van der Waals surface area contributed by atoms with E-state index in [9.17, 15) is 24.9 Å². The van der Waals surface area contributed by atoms with Gasteiger partial charge in [-0.15, -0.1) is 20.4 Å². The molecule has 0 spiro atoms. The molecule has 2 aromatic heterocycles. The van der Waals surface area contributed by atoms with Crippen molar-refractivity contribution >= 4 is 11.8 Å². The third-order valence-corrected chi connectivity index (χ3v) is 13.8. The predicted molar refractivity (Wildman–Crippen MR) is 277 cm³/mol. The maximum Gasteiger partial charge on any atom is 0.289 e. The highest BCUT2D eigenvalue weighted by Crippen LogP contribution is 2.40. The lowest BCUT2D eigenvalue weighted by atomic mass is 9.98. The van der Waals surface area contributed by atoms with Gasteiger partial charge < -0.3 is 35.6 Å². The second-order valence-electron chi connectivity index (χ2n) is 20.1. The molecule has 2 amide bonds. The summed E-state index contributed by atoms with van der Waals surface area (Å²) < 4.78 is 8.93. The standard InChI is InChI=1S/C54H70N12O6/c1-33(2)41-26-43(46(68)28-45(41)67)49-57-59-51(65(49)39-14-10-37(11-15-39)31-62-20-18-61(8)19-21-62)53(70)55-30-36(7)64-24-22-63(23-25-64)32-38-12-16-40(17-13-38)66-50(58-60-52(66)54(71)56-35(5)6)44-27-42(34(3)4)48(72-9)29-47(44)69/h10-17,26-29,33-36,67-69H,18-25,30-32H2,1-9H3,(H,55,70)(H,56,71). The minimum Gasteiger partial charge on any atom is -0.508 e. The Kier molecular flexibility index (Phi) is 15.9. The van der Waals surface area contributed by atoms with Crippen molar-refractivity contribution in [1.29, 1.82) is 0 Å². The highest BCUT2D eigenvalue weighted by Gasteiger charge is 2.29. The Morgan fingerprint density at radius 2 is 1.07 bits per heavy atom. The van der Waals surface area contributed by atoms with Gasteiger partial charge in [0.15, 0.2) is 11.6 Å². The Bertz CT molecular complexity index is 2840. The van der Waals surface area contributed by atoms with Gasteiger partial charge in [-0.05, 0) is 98.3 Å². The molecule has 5 N–H and O–H groups in total. The van der Waals surface area contributed by atoms with E-state index in [0.29, 0.717) is 52.0 Å². The summed E-state index contributed by atoms with van der Waals surface area (Å²) in [6.45, 7) is 23.1. The lowest BCUT2D eigenvalue weighted by molar-refractivity contribution is 0.0850. The molecule has 18 nitrogen and oxygen atoms in total. The van der Waals surface area contributed by atoms with Crippen molar-refractivity contribution in [2.75, 3.05) is 73.1 Å². The van der Waals surface area contributed by atoms with Gasteiger partial charge in [-0.25, -0.2) is 0 Å². The number of amides is 2. The molecule has 0 bridgehead atoms. The predicted octanol–water partition coefficient (Wildman–Crippen LogP) is 6.38. The average Bonchev–Trinajstić information content (AvgIpc) is 4.00. The maximum absolute atomic E-state index is 14.1. The second kappa shape index (κ2) is 22.3. The molecule has 72 heavy (non-hydrogen) atoms. The van der Waals surface area contributed by atoms with Crippen LogP contribution in [0.2, 0.25) is 0 Å². The summed E-state index contributed by atoms with van der Waals surface area (Å²) in [5.41, 5.74) is 5.94. The molecule has 0 saturated carbocycles. The van der Waals surface area contributed by atoms with Crippen LogP contribution in [0, 0.1) is 0 Å². The maximum atomic E-state index is 14.1. The Morgan fingerprint density at radius 1 is 0.597 bits per heavy atom. The van der Waals surface area contributed by atoms with Crippen LogP contribution in [0.3, 0.4) is 0 Å². The SMILES string of the molecule is COc1cc(O)c(-c2nnc(C(=O)NC(C)C)n2-c2ccc(CN3CCN(C(C)CNC(=O)c4nnc(-c5cc(C(C)C)c(O)cc5O)n4-c4ccc(CN5CCN(C)CC5)cc4)CC3)cc2)cc1C(C)C. The number of aromatic hydroxyl groups is 3. The first kappa shape index (κ1) is 51.5. The minimum absolute atomic E-state index is 0.0105. The number of likely N-dealkylation sites (N-methyl/N-ethyl adjacent to an activating group) is 1. The van der Waals surface area contributed by atoms with E-state index in [4.69, 9.17) is 4.74 Å². The molecule has 4 aromatic carbocycles. The molecule has 1 unspecified atom stereocenters. The molecular weight excluding hydrogens is 913 g/mol. The van der Waals surface area contributed by atoms with Crippen LogP contribution in [0.25, 0.3) is 34.2 Å². The zero-order valence-electron chi connectivity index (χ0n) is 43.1. The van der Waals surface area contributed by atoms with E-state index in [2.05, 4.69) is 76.7 Å². The number of methoxy groups -OCH3 is 1. The lowest BCUT2D eigenvalue weighted by Crippen LogP contribution is -2.52. The Labute approximate surface area is 422 Å². The number of hydrogen-bond acceptors (Lipinski definition) is 14. The zero-order valence-corrected chi connectivity index (χ0v) is 43.1. The normalized spacial score (nSPS) is 15.7. The van der Waals surface area contributed by atoms with Gasteiger partial charge in [0.2, 0.25) is 11.6 Å². The van der Waals surface area contributed by atoms with Crippen molar-refractivity contribution < 1.29 is 29.6 Å². The molecule has 0 aliphatic carbocycles. The van der Waals surface area contributed by atoms with E-state index in [-0.39, 0.29) is 64.6 Å². The molecule has 2 fully saturated rings. The van der Waals surface area contributed by atoms with Crippen molar-refractivity contribution in [2.24, 2.45) is 0 Å². The van der Waals surface area contributed by atoms with Gasteiger partial charge in [-0.3, -0.25) is 33.4 Å². The van der Waals surface area contributed by atoms with Crippen LogP contribution in [0.4, 0.5) is 0 Å². The van der Waals surface area contributed by atoms with Crippen LogP contribution in [0.15, 0.2) is 72.8 Å². The first-order valence-corrected chi connectivity index (χ1v) is 25.0. The van der Waals surface area contributed by atoms with Gasteiger partial charge in [0, 0.05) is 108 Å². The molecule has 382 valence electrons. The van der Waals surface area contributed by atoms with Gasteiger partial charge >= 0.3 is 0 Å². The summed E-state index contributed by atoms with van der Waals surface area (Å²) >= 11 is 0. The molecule has 4 heterocycles. The van der Waals surface area contributed by atoms with Crippen LogP contribution >= 0.6 is 0 Å². The van der Waals surface area contributed by atoms with E-state index in [1.54, 1.807) is 28.4 Å². The fourth-order valence-electron chi connectivity index (χ4n) is 9.49. The summed E-state index contributed by atoms with van der Waals surface area (Å²) in [7, 11) is 3.71. The molecule has 6 aromatic rings.